The summed E-state index contributed by atoms with van der Waals surface area (Å²) < 4.78 is 6.44. The molecule has 0 saturated carbocycles. The van der Waals surface area contributed by atoms with Crippen molar-refractivity contribution < 1.29 is 14.3 Å². The number of hydrogen-bond acceptors (Lipinski definition) is 4. The van der Waals surface area contributed by atoms with Gasteiger partial charge in [-0.2, -0.15) is 5.10 Å². The maximum atomic E-state index is 11.9. The first kappa shape index (κ1) is 15.5. The third-order valence-corrected chi connectivity index (χ3v) is 2.80. The molecule has 7 heteroatoms. The van der Waals surface area contributed by atoms with E-state index in [4.69, 9.17) is 16.3 Å². The quantitative estimate of drug-likeness (QED) is 0.831. The molecule has 0 spiro atoms. The molecule has 1 heterocycles. The summed E-state index contributed by atoms with van der Waals surface area (Å²) in [4.78, 5) is 22.9. The zero-order chi connectivity index (χ0) is 14.6. The fourth-order valence-electron chi connectivity index (χ4n) is 1.53. The lowest BCUT2D eigenvalue weighted by atomic mass is 10.2. The number of carbonyl (C=O) groups is 2. The van der Waals surface area contributed by atoms with Gasteiger partial charge < -0.3 is 10.1 Å². The predicted octanol–water partition coefficient (Wildman–Crippen LogP) is 1.40. The Balaban J connectivity index is 2.85. The van der Waals surface area contributed by atoms with Crippen LogP contribution in [0.15, 0.2) is 0 Å². The number of ether oxygens (including phenoxy) is 1. The minimum Gasteiger partial charge on any atom is -0.452 e. The number of hydrogen-bond donors (Lipinski definition) is 1. The second-order valence-electron chi connectivity index (χ2n) is 4.58. The van der Waals surface area contributed by atoms with E-state index in [1.54, 1.807) is 11.6 Å². The molecule has 0 aromatic carbocycles. The first-order chi connectivity index (χ1) is 8.86. The van der Waals surface area contributed by atoms with Gasteiger partial charge in [-0.05, 0) is 12.8 Å². The number of nitrogens with one attached hydrogen (secondary N) is 1. The van der Waals surface area contributed by atoms with E-state index in [9.17, 15) is 9.59 Å². The second-order valence-corrected chi connectivity index (χ2v) is 4.93. The van der Waals surface area contributed by atoms with E-state index in [2.05, 4.69) is 10.4 Å². The summed E-state index contributed by atoms with van der Waals surface area (Å²) >= 11 is 6.12. The van der Waals surface area contributed by atoms with Gasteiger partial charge in [0.25, 0.3) is 5.91 Å². The molecule has 0 atom stereocenters. The summed E-state index contributed by atoms with van der Waals surface area (Å²) in [6.07, 6.45) is 0. The van der Waals surface area contributed by atoms with Crippen LogP contribution in [0.3, 0.4) is 0 Å². The number of halogens is 1. The Morgan fingerprint density at radius 1 is 1.47 bits per heavy atom. The Hall–Kier alpha value is -1.56. The minimum absolute atomic E-state index is 0.214. The van der Waals surface area contributed by atoms with Crippen LogP contribution in [0, 0.1) is 12.8 Å². The number of rotatable bonds is 5. The number of aromatic nitrogens is 2. The van der Waals surface area contributed by atoms with Gasteiger partial charge in [0.15, 0.2) is 6.61 Å². The average Bonchev–Trinajstić information content (AvgIpc) is 2.60. The van der Waals surface area contributed by atoms with Gasteiger partial charge in [-0.15, -0.1) is 0 Å². The van der Waals surface area contributed by atoms with E-state index in [1.807, 2.05) is 13.8 Å². The summed E-state index contributed by atoms with van der Waals surface area (Å²) in [5, 5.41) is 6.81. The molecule has 0 saturated heterocycles. The molecule has 0 unspecified atom stereocenters. The van der Waals surface area contributed by atoms with E-state index in [0.717, 1.165) is 0 Å². The highest BCUT2D eigenvalue weighted by Gasteiger charge is 2.22. The van der Waals surface area contributed by atoms with Crippen LogP contribution >= 0.6 is 11.6 Å². The maximum Gasteiger partial charge on any atom is 0.343 e. The molecular weight excluding hydrogens is 270 g/mol. The van der Waals surface area contributed by atoms with Gasteiger partial charge in [0, 0.05) is 13.6 Å². The highest BCUT2D eigenvalue weighted by Crippen LogP contribution is 2.21. The van der Waals surface area contributed by atoms with E-state index >= 15 is 0 Å². The first-order valence-corrected chi connectivity index (χ1v) is 6.35. The fraction of sp³-hybridized carbons (Fsp3) is 0.583. The molecule has 1 aromatic rings. The number of nitrogens with zero attached hydrogens (tertiary/aromatic N) is 2. The fourth-order valence-corrected chi connectivity index (χ4v) is 1.85. The lowest BCUT2D eigenvalue weighted by molar-refractivity contribution is -0.123. The molecule has 106 valence electrons. The SMILES string of the molecule is CNC(=O)COC(=O)c1c(C)nn(CC(C)C)c1Cl. The van der Waals surface area contributed by atoms with Gasteiger partial charge in [0.2, 0.25) is 0 Å². The third-order valence-electron chi connectivity index (χ3n) is 2.42. The summed E-state index contributed by atoms with van der Waals surface area (Å²) in [6, 6.07) is 0. The molecule has 0 aliphatic heterocycles. The van der Waals surface area contributed by atoms with Crippen LogP contribution in [0.4, 0.5) is 0 Å². The molecule has 1 amide bonds. The van der Waals surface area contributed by atoms with Gasteiger partial charge in [0.1, 0.15) is 10.7 Å². The van der Waals surface area contributed by atoms with Crippen molar-refractivity contribution in [1.29, 1.82) is 0 Å². The van der Waals surface area contributed by atoms with Gasteiger partial charge in [-0.25, -0.2) is 4.79 Å². The molecule has 1 rings (SSSR count). The van der Waals surface area contributed by atoms with Crippen molar-refractivity contribution in [3.63, 3.8) is 0 Å². The normalized spacial score (nSPS) is 10.6. The molecule has 0 bridgehead atoms. The lowest BCUT2D eigenvalue weighted by Gasteiger charge is -2.06. The first-order valence-electron chi connectivity index (χ1n) is 5.97. The van der Waals surface area contributed by atoms with Crippen LogP contribution in [0.5, 0.6) is 0 Å². The van der Waals surface area contributed by atoms with Crippen molar-refractivity contribution in [3.05, 3.63) is 16.4 Å². The topological polar surface area (TPSA) is 73.2 Å². The van der Waals surface area contributed by atoms with E-state index in [0.29, 0.717) is 18.2 Å². The number of carbonyl (C=O) groups excluding carboxylic acids is 2. The average molecular weight is 288 g/mol. The van der Waals surface area contributed by atoms with Crippen molar-refractivity contribution in [1.82, 2.24) is 15.1 Å². The Labute approximate surface area is 117 Å². The zero-order valence-corrected chi connectivity index (χ0v) is 12.2. The summed E-state index contributed by atoms with van der Waals surface area (Å²) in [5.41, 5.74) is 0.707. The molecule has 1 aromatic heterocycles. The number of esters is 1. The molecule has 1 N–H and O–H groups in total. The van der Waals surface area contributed by atoms with Crippen molar-refractivity contribution >= 4 is 23.5 Å². The largest absolute Gasteiger partial charge is 0.452 e. The van der Waals surface area contributed by atoms with E-state index < -0.39 is 5.97 Å². The highest BCUT2D eigenvalue weighted by molar-refractivity contribution is 6.32. The summed E-state index contributed by atoms with van der Waals surface area (Å²) in [7, 11) is 1.47. The molecular formula is C12H18ClN3O3. The van der Waals surface area contributed by atoms with Crippen LogP contribution in [-0.2, 0) is 16.1 Å². The van der Waals surface area contributed by atoms with Gasteiger partial charge >= 0.3 is 5.97 Å². The summed E-state index contributed by atoms with van der Waals surface area (Å²) in [5.74, 6) is -0.663. The van der Waals surface area contributed by atoms with Crippen LogP contribution in [0.1, 0.15) is 29.9 Å². The number of likely N-dealkylation sites (N-methyl/N-ethyl adjacent to an activating group) is 1. The van der Waals surface area contributed by atoms with E-state index in [1.165, 1.54) is 7.05 Å². The van der Waals surface area contributed by atoms with Crippen LogP contribution in [-0.4, -0.2) is 35.3 Å². The maximum absolute atomic E-state index is 11.9. The lowest BCUT2D eigenvalue weighted by Crippen LogP contribution is -2.25. The highest BCUT2D eigenvalue weighted by atomic mass is 35.5. The minimum atomic E-state index is -0.638. The summed E-state index contributed by atoms with van der Waals surface area (Å²) in [6.45, 7) is 6.01. The monoisotopic (exact) mass is 287 g/mol. The third kappa shape index (κ3) is 3.96. The molecule has 6 nitrogen and oxygen atoms in total. The molecule has 19 heavy (non-hydrogen) atoms. The predicted molar refractivity (Wildman–Crippen MR) is 71.2 cm³/mol. The van der Waals surface area contributed by atoms with Crippen molar-refractivity contribution in [2.75, 3.05) is 13.7 Å². The molecule has 0 aliphatic carbocycles. The Morgan fingerprint density at radius 2 is 2.11 bits per heavy atom. The Kier molecular flexibility index (Phi) is 5.35. The Morgan fingerprint density at radius 3 is 2.63 bits per heavy atom. The smallest absolute Gasteiger partial charge is 0.343 e. The van der Waals surface area contributed by atoms with Crippen molar-refractivity contribution in [2.24, 2.45) is 5.92 Å². The van der Waals surface area contributed by atoms with Gasteiger partial charge in [0.05, 0.1) is 5.69 Å². The van der Waals surface area contributed by atoms with Crippen LogP contribution < -0.4 is 5.32 Å². The van der Waals surface area contributed by atoms with Gasteiger partial charge in [-0.3, -0.25) is 9.48 Å². The zero-order valence-electron chi connectivity index (χ0n) is 11.5. The molecule has 0 fully saturated rings. The molecule has 0 aliphatic rings. The Bertz CT molecular complexity index is 483. The van der Waals surface area contributed by atoms with Crippen molar-refractivity contribution in [2.45, 2.75) is 27.3 Å². The van der Waals surface area contributed by atoms with Gasteiger partial charge in [-0.1, -0.05) is 25.4 Å². The van der Waals surface area contributed by atoms with Crippen LogP contribution in [0.2, 0.25) is 5.15 Å². The second kappa shape index (κ2) is 6.56. The van der Waals surface area contributed by atoms with E-state index in [-0.39, 0.29) is 23.2 Å². The molecule has 0 radical (unpaired) electrons. The number of amides is 1. The van der Waals surface area contributed by atoms with Crippen LogP contribution in [0.25, 0.3) is 0 Å². The standard InChI is InChI=1S/C12H18ClN3O3/c1-7(2)5-16-11(13)10(8(3)15-16)12(18)19-6-9(17)14-4/h7H,5-6H2,1-4H3,(H,14,17). The number of aryl methyl sites for hydroxylation is 1. The van der Waals surface area contributed by atoms with Crippen molar-refractivity contribution in [3.8, 4) is 0 Å².